The number of rotatable bonds is 13. The fourth-order valence-corrected chi connectivity index (χ4v) is 20.8. The number of ether oxygens (including phenoxy) is 8. The number of esters is 4. The molecule has 0 unspecified atom stereocenters. The molecule has 25 heteroatoms. The summed E-state index contributed by atoms with van der Waals surface area (Å²) < 4.78 is 90.4. The van der Waals surface area contributed by atoms with Gasteiger partial charge in [0, 0.05) is 119 Å². The van der Waals surface area contributed by atoms with Crippen LogP contribution >= 0.6 is 0 Å². The molecular weight excluding hydrogens is 1610 g/mol. The van der Waals surface area contributed by atoms with E-state index in [1.165, 1.54) is 23.3 Å². The maximum Gasteiger partial charge on any atom is 0.334 e. The number of aryl methyl sites for hydroxylation is 1. The van der Waals surface area contributed by atoms with Crippen LogP contribution in [0.4, 0.5) is 4.39 Å². The molecule has 125 heavy (non-hydrogen) atoms. The van der Waals surface area contributed by atoms with E-state index >= 15 is 0 Å². The molecular formula is C100H107FN6O17S. The minimum absolute atomic E-state index is 0.0305. The Morgan fingerprint density at radius 2 is 0.840 bits per heavy atom. The highest BCUT2D eigenvalue weighted by Crippen LogP contribution is 2.54. The van der Waals surface area contributed by atoms with E-state index in [2.05, 4.69) is 97.0 Å². The van der Waals surface area contributed by atoms with E-state index in [0.717, 1.165) is 127 Å². The first-order chi connectivity index (χ1) is 59.9. The molecule has 0 saturated carbocycles. The van der Waals surface area contributed by atoms with Gasteiger partial charge in [0.2, 0.25) is 10.0 Å². The van der Waals surface area contributed by atoms with E-state index in [0.29, 0.717) is 88.8 Å². The summed E-state index contributed by atoms with van der Waals surface area (Å²) in [5.41, 5.74) is 8.93. The number of para-hydroxylation sites is 1. The Morgan fingerprint density at radius 3 is 1.29 bits per heavy atom. The molecule has 10 heterocycles. The topological polar surface area (TPSA) is 310 Å². The van der Waals surface area contributed by atoms with Crippen LogP contribution in [-0.4, -0.2) is 157 Å². The lowest BCUT2D eigenvalue weighted by atomic mass is 9.84. The minimum atomic E-state index is -3.65. The largest absolute Gasteiger partial charge is 0.455 e. The highest BCUT2D eigenvalue weighted by atomic mass is 32.2. The molecule has 3 amide bonds. The van der Waals surface area contributed by atoms with Crippen LogP contribution in [0.15, 0.2) is 240 Å². The number of hydrogen-bond acceptors (Lipinski definition) is 17. The second-order valence-electron chi connectivity index (χ2n) is 36.2. The number of aromatic amines is 1. The van der Waals surface area contributed by atoms with Crippen LogP contribution in [0.3, 0.4) is 0 Å². The predicted molar refractivity (Wildman–Crippen MR) is 471 cm³/mol. The maximum absolute atomic E-state index is 13.6. The standard InChI is InChI=1S/C26H27NO4.C25H28N2O4.C25H27NO5S.C24H25FN2O4/c1-16-21-12-9-17(6-5-13-26(2)23(31-26)22(21)30-25(16)29)15-27-24(28)20-11-10-18-7-3-4-8-19(18)14-20;1-15-17-11-10-16(7-6-12-25(2)22(31-25)21(17)30-24(15)29)13-26-23(28)19-14-27(3)20-9-5-4-8-18(19)20;1-16-21-12-9-17(6-5-13-25(2)23(31-25)22(21)30-24(16)27)15-26-32(28,29)20-11-10-18-7-3-4-8-19(18)14-20;1-13-16-7-5-14(4-3-9-24(2)21(31-24)20(16)30-23(13)29)11-27-22(28)18-12-26-19-8-6-15(25)10-17(18)19/h3-4,6-8,10-11,14,21-23H,1,5,9,12-13,15H2,2H3,(H,27,28);4-5,7-9,14,17,21-22H,1,6,10-13H2,2-3H3,(H,26,28);3-4,6-8,10-11,14,21-23,26H,1,5,9,12-13,15H2,2H3;4,6,8,10,12,16,20-21,26H,1,3,5,7,9,11H2,2H3,(H,27,28)/b17-6+;16-7+;17-6+;14-4+/t21-,22-,23-,26+;17-,21-,22-,25+;21-,22-,23-,25+;16-,20-,21-,24+/m0000/s1. The highest BCUT2D eigenvalue weighted by Gasteiger charge is 2.65. The number of halogens is 1. The number of allylic oxidation sites excluding steroid dienone is 4. The fraction of sp³-hybridized carbons (Fsp3) is 0.410. The first-order valence-electron chi connectivity index (χ1n) is 43.6. The van der Waals surface area contributed by atoms with Gasteiger partial charge in [0.1, 0.15) is 54.6 Å². The van der Waals surface area contributed by atoms with Crippen molar-refractivity contribution in [1.29, 1.82) is 0 Å². The van der Waals surface area contributed by atoms with Crippen molar-refractivity contribution < 1.29 is 84.3 Å². The van der Waals surface area contributed by atoms with Crippen molar-refractivity contribution in [3.05, 3.63) is 257 Å². The van der Waals surface area contributed by atoms with Crippen LogP contribution in [0.1, 0.15) is 162 Å². The SMILES string of the molecule is C=C1C(=O)O[C@H]2[C@H]1CC/C(CNC(=O)c1c[nH]c3ccc(F)cc13)=C\CC[C@@]1(C)O[C@@H]21.C=C1C(=O)O[C@H]2[C@H]1CC/C(CNC(=O)c1ccc3ccccc3c1)=C\CC[C@@]1(C)O[C@@H]21.C=C1C(=O)O[C@H]2[C@H]1CC/C(CNC(=O)c1cn(C)c3ccccc13)=C\CC[C@@]1(C)O[C@@H]21.C=C1C(=O)O[C@H]2[C@H]1CC/C(CNS(=O)(=O)c1ccc3ccccc3c1)=C\CC[C@@]1(C)O[C@@H]21. The first kappa shape index (κ1) is 86.0. The smallest absolute Gasteiger partial charge is 0.334 e. The number of sulfonamides is 1. The van der Waals surface area contributed by atoms with Crippen molar-refractivity contribution in [2.24, 2.45) is 30.7 Å². The van der Waals surface area contributed by atoms with E-state index in [1.807, 2.05) is 122 Å². The van der Waals surface area contributed by atoms with E-state index in [-0.39, 0.29) is 154 Å². The molecule has 8 aliphatic heterocycles. The zero-order valence-electron chi connectivity index (χ0n) is 71.2. The molecule has 0 bridgehead atoms. The second kappa shape index (κ2) is 34.6. The lowest BCUT2D eigenvalue weighted by Crippen LogP contribution is -2.30. The molecule has 5 N–H and O–H groups in total. The number of carbonyl (C=O) groups is 7. The van der Waals surface area contributed by atoms with Crippen molar-refractivity contribution in [1.82, 2.24) is 30.2 Å². The summed E-state index contributed by atoms with van der Waals surface area (Å²) in [6.07, 6.45) is 23.5. The molecule has 8 saturated heterocycles. The molecule has 8 fully saturated rings. The molecule has 16 atom stereocenters. The predicted octanol–water partition coefficient (Wildman–Crippen LogP) is 15.7. The maximum atomic E-state index is 13.6. The number of H-pyrrole nitrogens is 1. The second-order valence-corrected chi connectivity index (χ2v) is 37.9. The summed E-state index contributed by atoms with van der Waals surface area (Å²) in [7, 11) is -1.70. The van der Waals surface area contributed by atoms with Crippen LogP contribution in [0.2, 0.25) is 0 Å². The van der Waals surface area contributed by atoms with Crippen LogP contribution in [0.25, 0.3) is 43.4 Å². The van der Waals surface area contributed by atoms with Gasteiger partial charge in [-0.05, 0) is 201 Å². The molecule has 23 nitrogen and oxygen atoms in total. The van der Waals surface area contributed by atoms with Crippen molar-refractivity contribution in [3.8, 4) is 0 Å². The first-order valence-corrected chi connectivity index (χ1v) is 45.1. The van der Waals surface area contributed by atoms with Crippen molar-refractivity contribution >= 4 is 95.0 Å². The number of nitrogens with zero attached hydrogens (tertiary/aromatic N) is 1. The Balaban J connectivity index is 0.000000118. The molecule has 20 rings (SSSR count). The normalized spacial score (nSPS) is 31.9. The molecule has 0 radical (unpaired) electrons. The minimum Gasteiger partial charge on any atom is -0.455 e. The summed E-state index contributed by atoms with van der Waals surface area (Å²) in [6.45, 7) is 25.7. The van der Waals surface area contributed by atoms with E-state index in [9.17, 15) is 46.4 Å². The van der Waals surface area contributed by atoms with E-state index in [1.54, 1.807) is 24.4 Å². The molecule has 8 aromatic rings. The fourth-order valence-electron chi connectivity index (χ4n) is 19.7. The average Bonchev–Trinajstić information content (AvgIpc) is 1.59. The van der Waals surface area contributed by atoms with Gasteiger partial charge in [-0.1, -0.05) is 152 Å². The van der Waals surface area contributed by atoms with Gasteiger partial charge in [0.05, 0.1) is 38.4 Å². The molecule has 652 valence electrons. The summed E-state index contributed by atoms with van der Waals surface area (Å²) in [5.74, 6) is -2.33. The average molecular weight is 1720 g/mol. The van der Waals surface area contributed by atoms with Gasteiger partial charge in [-0.3, -0.25) is 14.4 Å². The van der Waals surface area contributed by atoms with Gasteiger partial charge in [0.15, 0.2) is 0 Å². The molecule has 12 aliphatic rings. The van der Waals surface area contributed by atoms with Crippen molar-refractivity contribution in [2.75, 3.05) is 26.2 Å². The monoisotopic (exact) mass is 1710 g/mol. The summed E-state index contributed by atoms with van der Waals surface area (Å²) in [5, 5.41) is 14.7. The molecule has 4 aliphatic carbocycles. The number of epoxide rings is 4. The number of fused-ring (bicyclic) bond motifs is 16. The Morgan fingerprint density at radius 1 is 0.456 bits per heavy atom. The number of benzene rings is 6. The van der Waals surface area contributed by atoms with Crippen molar-refractivity contribution in [2.45, 2.75) is 207 Å². The number of hydrogen-bond donors (Lipinski definition) is 5. The van der Waals surface area contributed by atoms with Gasteiger partial charge < -0.3 is 63.4 Å². The molecule has 6 aromatic carbocycles. The van der Waals surface area contributed by atoms with Gasteiger partial charge in [0.25, 0.3) is 17.7 Å². The Bertz CT molecular complexity index is 6020. The quantitative estimate of drug-likeness (QED) is 0.0235. The Kier molecular flexibility index (Phi) is 23.8. The van der Waals surface area contributed by atoms with Crippen LogP contribution in [-0.2, 0) is 74.1 Å². The van der Waals surface area contributed by atoms with Gasteiger partial charge in [-0.2, -0.15) is 0 Å². The molecule has 0 spiro atoms. The van der Waals surface area contributed by atoms with E-state index < -0.39 is 10.0 Å². The third kappa shape index (κ3) is 18.1. The Hall–Kier alpha value is -11.2. The number of carbonyl (C=O) groups excluding carboxylic acids is 7. The van der Waals surface area contributed by atoms with Crippen LogP contribution in [0, 0.1) is 29.5 Å². The summed E-state index contributed by atoms with van der Waals surface area (Å²) in [6, 6.07) is 38.9. The highest BCUT2D eigenvalue weighted by molar-refractivity contribution is 7.89. The van der Waals surface area contributed by atoms with Gasteiger partial charge >= 0.3 is 23.9 Å². The zero-order valence-corrected chi connectivity index (χ0v) is 72.0. The number of nitrogens with one attached hydrogen (secondary N) is 5. The summed E-state index contributed by atoms with van der Waals surface area (Å²) >= 11 is 0. The number of amides is 3. The lowest BCUT2D eigenvalue weighted by molar-refractivity contribution is -0.140. The van der Waals surface area contributed by atoms with Gasteiger partial charge in [-0.25, -0.2) is 36.7 Å². The van der Waals surface area contributed by atoms with E-state index in [4.69, 9.17) is 37.9 Å². The third-order valence-corrected chi connectivity index (χ3v) is 29.1. The third-order valence-electron chi connectivity index (χ3n) is 27.7. The Labute approximate surface area is 726 Å². The van der Waals surface area contributed by atoms with Gasteiger partial charge in [-0.15, -0.1) is 0 Å². The summed E-state index contributed by atoms with van der Waals surface area (Å²) in [4.78, 5) is 90.1. The van der Waals surface area contributed by atoms with Crippen LogP contribution in [0.5, 0.6) is 0 Å². The van der Waals surface area contributed by atoms with Crippen molar-refractivity contribution in [3.63, 3.8) is 0 Å². The van der Waals surface area contributed by atoms with Crippen LogP contribution < -0.4 is 20.7 Å². The lowest BCUT2D eigenvalue weighted by Gasteiger charge is -2.20. The molecule has 2 aromatic heterocycles. The number of aromatic nitrogens is 2. The zero-order chi connectivity index (χ0) is 87.6.